The van der Waals surface area contributed by atoms with E-state index in [0.717, 1.165) is 22.6 Å². The third-order valence-corrected chi connectivity index (χ3v) is 4.45. The van der Waals surface area contributed by atoms with E-state index in [2.05, 4.69) is 24.3 Å². The van der Waals surface area contributed by atoms with Gasteiger partial charge in [-0.15, -0.1) is 0 Å². The summed E-state index contributed by atoms with van der Waals surface area (Å²) in [5.41, 5.74) is 2.63. The van der Waals surface area contributed by atoms with Gasteiger partial charge >= 0.3 is 6.03 Å². The van der Waals surface area contributed by atoms with Crippen LogP contribution in [-0.2, 0) is 12.0 Å². The number of nitrogens with zero attached hydrogens (tertiary/aromatic N) is 2. The molecule has 1 aromatic heterocycles. The zero-order chi connectivity index (χ0) is 17.9. The van der Waals surface area contributed by atoms with Gasteiger partial charge < -0.3 is 14.7 Å². The van der Waals surface area contributed by atoms with Crippen molar-refractivity contribution in [3.8, 4) is 0 Å². The van der Waals surface area contributed by atoms with Gasteiger partial charge in [0, 0.05) is 29.6 Å². The molecule has 0 saturated carbocycles. The second kappa shape index (κ2) is 7.26. The zero-order valence-electron chi connectivity index (χ0n) is 14.8. The molecule has 2 aromatic rings. The van der Waals surface area contributed by atoms with Crippen LogP contribution in [-0.4, -0.2) is 29.7 Å². The zero-order valence-corrected chi connectivity index (χ0v) is 15.6. The minimum atomic E-state index is -0.218. The number of hydrogen-bond donors (Lipinski definition) is 1. The van der Waals surface area contributed by atoms with Crippen molar-refractivity contribution in [2.75, 3.05) is 13.6 Å². The number of benzene rings is 1. The highest BCUT2D eigenvalue weighted by molar-refractivity contribution is 6.30. The average molecular weight is 350 g/mol. The Bertz CT molecular complexity index is 705. The van der Waals surface area contributed by atoms with Crippen LogP contribution in [0.1, 0.15) is 36.4 Å². The van der Waals surface area contributed by atoms with E-state index in [9.17, 15) is 4.79 Å². The minimum absolute atomic E-state index is 0.134. The van der Waals surface area contributed by atoms with Crippen LogP contribution in [0.5, 0.6) is 0 Å². The van der Waals surface area contributed by atoms with Gasteiger partial charge in [-0.25, -0.2) is 4.79 Å². The number of carbonyl (C=O) groups is 1. The Morgan fingerprint density at radius 3 is 2.67 bits per heavy atom. The summed E-state index contributed by atoms with van der Waals surface area (Å²) in [6, 6.07) is 7.58. The Kier molecular flexibility index (Phi) is 5.54. The highest BCUT2D eigenvalue weighted by Crippen LogP contribution is 2.25. The maximum absolute atomic E-state index is 12.4. The van der Waals surface area contributed by atoms with Crippen LogP contribution in [0, 0.1) is 13.8 Å². The van der Waals surface area contributed by atoms with E-state index in [0.29, 0.717) is 18.1 Å². The number of halogens is 1. The smallest absolute Gasteiger partial charge is 0.317 e. The van der Waals surface area contributed by atoms with E-state index < -0.39 is 0 Å². The van der Waals surface area contributed by atoms with Crippen LogP contribution in [0.4, 0.5) is 4.79 Å². The Morgan fingerprint density at radius 2 is 2.08 bits per heavy atom. The lowest BCUT2D eigenvalue weighted by Crippen LogP contribution is -2.43. The predicted molar refractivity (Wildman–Crippen MR) is 95.3 cm³/mol. The molecule has 2 rings (SSSR count). The fraction of sp³-hybridized carbons (Fsp3) is 0.444. The summed E-state index contributed by atoms with van der Waals surface area (Å²) in [6.45, 7) is 8.85. The molecule has 1 N–H and O–H groups in total. The fourth-order valence-corrected chi connectivity index (χ4v) is 2.67. The van der Waals surface area contributed by atoms with E-state index in [1.54, 1.807) is 11.9 Å². The number of carbonyl (C=O) groups excluding carboxylic acids is 1. The molecule has 0 aliphatic heterocycles. The summed E-state index contributed by atoms with van der Waals surface area (Å²) in [6.07, 6.45) is 0. The van der Waals surface area contributed by atoms with Gasteiger partial charge in [-0.1, -0.05) is 42.7 Å². The van der Waals surface area contributed by atoms with Crippen molar-refractivity contribution in [2.24, 2.45) is 0 Å². The summed E-state index contributed by atoms with van der Waals surface area (Å²) in [4.78, 5) is 14.0. The Morgan fingerprint density at radius 1 is 1.38 bits per heavy atom. The third kappa shape index (κ3) is 4.29. The normalized spacial score (nSPS) is 11.4. The number of urea groups is 1. The number of amides is 2. The Labute approximate surface area is 148 Å². The molecule has 6 heteroatoms. The van der Waals surface area contributed by atoms with Crippen molar-refractivity contribution in [3.63, 3.8) is 0 Å². The van der Waals surface area contributed by atoms with Crippen LogP contribution in [0.15, 0.2) is 28.8 Å². The third-order valence-electron chi connectivity index (χ3n) is 4.21. The maximum atomic E-state index is 12.4. The van der Waals surface area contributed by atoms with Gasteiger partial charge in [0.2, 0.25) is 0 Å². The number of aromatic nitrogens is 1. The first-order valence-electron chi connectivity index (χ1n) is 7.87. The molecule has 1 heterocycles. The van der Waals surface area contributed by atoms with E-state index >= 15 is 0 Å². The summed E-state index contributed by atoms with van der Waals surface area (Å²) in [7, 11) is 1.76. The van der Waals surface area contributed by atoms with Crippen LogP contribution in [0.25, 0.3) is 0 Å². The SMILES string of the molecule is Cc1noc(C)c1CN(C)C(=O)NCC(C)(C)c1cccc(Cl)c1. The minimum Gasteiger partial charge on any atom is -0.361 e. The second-order valence-corrected chi connectivity index (χ2v) is 7.15. The van der Waals surface area contributed by atoms with Crippen LogP contribution in [0.2, 0.25) is 5.02 Å². The van der Waals surface area contributed by atoms with Crippen molar-refractivity contribution in [2.45, 2.75) is 39.7 Å². The molecule has 0 bridgehead atoms. The lowest BCUT2D eigenvalue weighted by Gasteiger charge is -2.27. The summed E-state index contributed by atoms with van der Waals surface area (Å²) in [5.74, 6) is 0.742. The van der Waals surface area contributed by atoms with Gasteiger partial charge in [0.1, 0.15) is 5.76 Å². The molecule has 1 aromatic carbocycles. The molecule has 130 valence electrons. The van der Waals surface area contributed by atoms with Gasteiger partial charge in [0.05, 0.1) is 12.2 Å². The Hall–Kier alpha value is -2.01. The molecule has 0 atom stereocenters. The first-order chi connectivity index (χ1) is 11.2. The maximum Gasteiger partial charge on any atom is 0.317 e. The molecule has 0 unspecified atom stereocenters. The van der Waals surface area contributed by atoms with E-state index in [-0.39, 0.29) is 11.4 Å². The molecule has 0 radical (unpaired) electrons. The van der Waals surface area contributed by atoms with Crippen molar-refractivity contribution >= 4 is 17.6 Å². The molecular formula is C18H24ClN3O2. The topological polar surface area (TPSA) is 58.4 Å². The quantitative estimate of drug-likeness (QED) is 0.885. The highest BCUT2D eigenvalue weighted by atomic mass is 35.5. The van der Waals surface area contributed by atoms with Crippen LogP contribution >= 0.6 is 11.6 Å². The first kappa shape index (κ1) is 18.3. The summed E-state index contributed by atoms with van der Waals surface area (Å²) >= 11 is 6.06. The van der Waals surface area contributed by atoms with E-state index in [1.165, 1.54) is 0 Å². The molecule has 5 nitrogen and oxygen atoms in total. The molecule has 24 heavy (non-hydrogen) atoms. The van der Waals surface area contributed by atoms with Crippen molar-refractivity contribution in [1.82, 2.24) is 15.4 Å². The second-order valence-electron chi connectivity index (χ2n) is 6.71. The molecule has 0 spiro atoms. The summed E-state index contributed by atoms with van der Waals surface area (Å²) in [5, 5.41) is 7.60. The summed E-state index contributed by atoms with van der Waals surface area (Å²) < 4.78 is 5.14. The van der Waals surface area contributed by atoms with E-state index in [4.69, 9.17) is 16.1 Å². The van der Waals surface area contributed by atoms with Crippen molar-refractivity contribution in [1.29, 1.82) is 0 Å². The predicted octanol–water partition coefficient (Wildman–Crippen LogP) is 4.06. The lowest BCUT2D eigenvalue weighted by atomic mass is 9.84. The average Bonchev–Trinajstić information content (AvgIpc) is 2.84. The van der Waals surface area contributed by atoms with Gasteiger partial charge in [-0.05, 0) is 31.5 Å². The molecule has 0 fully saturated rings. The fourth-order valence-electron chi connectivity index (χ4n) is 2.48. The molecule has 0 saturated heterocycles. The molecule has 0 aliphatic carbocycles. The van der Waals surface area contributed by atoms with Crippen LogP contribution < -0.4 is 5.32 Å². The lowest BCUT2D eigenvalue weighted by molar-refractivity contribution is 0.204. The number of nitrogens with one attached hydrogen (secondary N) is 1. The van der Waals surface area contributed by atoms with Crippen LogP contribution in [0.3, 0.4) is 0 Å². The monoisotopic (exact) mass is 349 g/mol. The van der Waals surface area contributed by atoms with Gasteiger partial charge in [-0.2, -0.15) is 0 Å². The molecular weight excluding hydrogens is 326 g/mol. The number of hydrogen-bond acceptors (Lipinski definition) is 3. The standard InChI is InChI=1S/C18H24ClN3O2/c1-12-16(13(2)24-21-12)10-22(5)17(23)20-11-18(3,4)14-7-6-8-15(19)9-14/h6-9H,10-11H2,1-5H3,(H,20,23). The van der Waals surface area contributed by atoms with Gasteiger partial charge in [0.15, 0.2) is 0 Å². The largest absolute Gasteiger partial charge is 0.361 e. The highest BCUT2D eigenvalue weighted by Gasteiger charge is 2.23. The molecule has 0 aliphatic rings. The molecule has 2 amide bonds. The van der Waals surface area contributed by atoms with Gasteiger partial charge in [-0.3, -0.25) is 0 Å². The Balaban J connectivity index is 1.97. The number of rotatable bonds is 5. The first-order valence-corrected chi connectivity index (χ1v) is 8.25. The number of aryl methyl sites for hydroxylation is 2. The van der Waals surface area contributed by atoms with Crippen molar-refractivity contribution < 1.29 is 9.32 Å². The van der Waals surface area contributed by atoms with E-state index in [1.807, 2.05) is 38.1 Å². The van der Waals surface area contributed by atoms with Gasteiger partial charge in [0.25, 0.3) is 0 Å². The van der Waals surface area contributed by atoms with Crippen molar-refractivity contribution in [3.05, 3.63) is 51.9 Å².